The average Bonchev–Trinajstić information content (AvgIpc) is 2.84. The first-order chi connectivity index (χ1) is 15.9. The van der Waals surface area contributed by atoms with Gasteiger partial charge in [0.2, 0.25) is 6.29 Å². The Kier molecular flexibility index (Phi) is 7.91. The third-order valence-electron chi connectivity index (χ3n) is 4.46. The minimum absolute atomic E-state index is 0.346. The van der Waals surface area contributed by atoms with Gasteiger partial charge in [-0.15, -0.1) is 0 Å². The van der Waals surface area contributed by atoms with Gasteiger partial charge in [0.25, 0.3) is 0 Å². The highest BCUT2D eigenvalue weighted by Gasteiger charge is 2.11. The summed E-state index contributed by atoms with van der Waals surface area (Å²) in [5.41, 5.74) is 2.47. The van der Waals surface area contributed by atoms with Crippen LogP contribution in [0.3, 0.4) is 0 Å². The molecule has 166 valence electrons. The molecule has 3 aromatic carbocycles. The van der Waals surface area contributed by atoms with Gasteiger partial charge in [-0.2, -0.15) is 0 Å². The van der Waals surface area contributed by atoms with Crippen molar-refractivity contribution in [1.82, 2.24) is 0 Å². The lowest BCUT2D eigenvalue weighted by Crippen LogP contribution is -2.19. The average molecular weight is 441 g/mol. The van der Waals surface area contributed by atoms with E-state index in [0.717, 1.165) is 17.2 Å². The molecule has 3 rings (SSSR count). The zero-order chi connectivity index (χ0) is 23.6. The summed E-state index contributed by atoms with van der Waals surface area (Å²) in [6.45, 7) is 4.90. The van der Waals surface area contributed by atoms with Crippen LogP contribution < -0.4 is 9.47 Å². The number of carbonyl (C=O) groups is 2. The Morgan fingerprint density at radius 3 is 2.15 bits per heavy atom. The Morgan fingerprint density at radius 1 is 0.879 bits per heavy atom. The van der Waals surface area contributed by atoms with Gasteiger partial charge in [-0.05, 0) is 53.6 Å². The van der Waals surface area contributed by atoms with Crippen LogP contribution in [0.15, 0.2) is 97.6 Å². The van der Waals surface area contributed by atoms with Crippen molar-refractivity contribution in [1.29, 1.82) is 5.41 Å². The molecule has 0 aliphatic carbocycles. The van der Waals surface area contributed by atoms with Crippen molar-refractivity contribution in [3.63, 3.8) is 0 Å². The Labute approximate surface area is 192 Å². The molecule has 6 nitrogen and oxygen atoms in total. The molecular weight excluding hydrogens is 418 g/mol. The highest BCUT2D eigenvalue weighted by Crippen LogP contribution is 2.18. The molecule has 0 aliphatic heterocycles. The summed E-state index contributed by atoms with van der Waals surface area (Å²) in [6, 6.07) is 22.7. The zero-order valence-electron chi connectivity index (χ0n) is 18.1. The number of ether oxygens (including phenoxy) is 3. The quantitative estimate of drug-likeness (QED) is 0.157. The van der Waals surface area contributed by atoms with E-state index in [-0.39, 0.29) is 0 Å². The Bertz CT molecular complexity index is 1150. The number of rotatable bonds is 9. The highest BCUT2D eigenvalue weighted by molar-refractivity contribution is 6.08. The maximum Gasteiger partial charge on any atom is 0.343 e. The number of allylic oxidation sites excluding steroid dienone is 1. The molecule has 3 aromatic rings. The summed E-state index contributed by atoms with van der Waals surface area (Å²) >= 11 is 0. The van der Waals surface area contributed by atoms with Gasteiger partial charge in [-0.3, -0.25) is 0 Å². The van der Waals surface area contributed by atoms with E-state index in [9.17, 15) is 9.59 Å². The number of benzene rings is 3. The van der Waals surface area contributed by atoms with E-state index in [4.69, 9.17) is 19.6 Å². The van der Waals surface area contributed by atoms with Gasteiger partial charge in [-0.25, -0.2) is 9.59 Å². The second kappa shape index (κ2) is 11.2. The summed E-state index contributed by atoms with van der Waals surface area (Å²) in [7, 11) is 0. The van der Waals surface area contributed by atoms with Crippen LogP contribution in [0.1, 0.15) is 28.4 Å². The molecule has 1 N–H and O–H groups in total. The van der Waals surface area contributed by atoms with Crippen molar-refractivity contribution in [2.45, 2.75) is 13.2 Å². The van der Waals surface area contributed by atoms with Crippen LogP contribution in [0, 0.1) is 5.41 Å². The number of hydrogen-bond acceptors (Lipinski definition) is 6. The van der Waals surface area contributed by atoms with E-state index in [2.05, 4.69) is 6.58 Å². The minimum atomic E-state index is -0.794. The van der Waals surface area contributed by atoms with E-state index in [0.29, 0.717) is 22.8 Å². The standard InChI is InChI=1S/C27H23NO5/c1-3-26(29)32-19(2)31-23-16-12-22(13-17-23)27(30)33-24-14-9-20(10-15-24)11-18-25(28)21-7-5-4-6-8-21/h3-19,28H,1H2,2H3/b18-11+,28-25?. The lowest BCUT2D eigenvalue weighted by atomic mass is 10.1. The van der Waals surface area contributed by atoms with Crippen LogP contribution >= 0.6 is 0 Å². The van der Waals surface area contributed by atoms with E-state index < -0.39 is 18.2 Å². The molecule has 0 radical (unpaired) electrons. The fourth-order valence-electron chi connectivity index (χ4n) is 2.80. The van der Waals surface area contributed by atoms with Crippen LogP contribution in [-0.4, -0.2) is 23.9 Å². The lowest BCUT2D eigenvalue weighted by molar-refractivity contribution is -0.154. The highest BCUT2D eigenvalue weighted by atomic mass is 16.7. The first kappa shape index (κ1) is 23.2. The van der Waals surface area contributed by atoms with Gasteiger partial charge in [-0.1, -0.05) is 55.1 Å². The van der Waals surface area contributed by atoms with Crippen molar-refractivity contribution in [2.24, 2.45) is 0 Å². The Balaban J connectivity index is 1.55. The summed E-state index contributed by atoms with van der Waals surface area (Å²) in [6.07, 6.45) is 3.81. The number of carbonyl (C=O) groups excluding carboxylic acids is 2. The van der Waals surface area contributed by atoms with Gasteiger partial charge < -0.3 is 19.6 Å². The van der Waals surface area contributed by atoms with Crippen LogP contribution in [0.2, 0.25) is 0 Å². The third kappa shape index (κ3) is 7.04. The molecule has 6 heteroatoms. The topological polar surface area (TPSA) is 85.7 Å². The molecule has 33 heavy (non-hydrogen) atoms. The molecule has 0 fully saturated rings. The SMILES string of the molecule is C=CC(=O)OC(C)Oc1ccc(C(=O)Oc2ccc(/C=C/C(=N)c3ccccc3)cc2)cc1. The molecule has 0 amide bonds. The minimum Gasteiger partial charge on any atom is -0.455 e. The first-order valence-electron chi connectivity index (χ1n) is 10.2. The number of nitrogens with one attached hydrogen (secondary N) is 1. The third-order valence-corrected chi connectivity index (χ3v) is 4.46. The van der Waals surface area contributed by atoms with E-state index >= 15 is 0 Å². The van der Waals surface area contributed by atoms with E-state index in [1.807, 2.05) is 36.4 Å². The first-order valence-corrected chi connectivity index (χ1v) is 10.2. The van der Waals surface area contributed by atoms with Crippen LogP contribution in [-0.2, 0) is 9.53 Å². The van der Waals surface area contributed by atoms with E-state index in [1.165, 1.54) is 0 Å². The monoisotopic (exact) mass is 441 g/mol. The fourth-order valence-corrected chi connectivity index (χ4v) is 2.80. The zero-order valence-corrected chi connectivity index (χ0v) is 18.1. The molecule has 1 unspecified atom stereocenters. The summed E-state index contributed by atoms with van der Waals surface area (Å²) in [5, 5.41) is 8.11. The Hall–Kier alpha value is -4.45. The van der Waals surface area contributed by atoms with Crippen molar-refractivity contribution in [3.05, 3.63) is 114 Å². The molecule has 0 spiro atoms. The smallest absolute Gasteiger partial charge is 0.343 e. The largest absolute Gasteiger partial charge is 0.455 e. The lowest BCUT2D eigenvalue weighted by Gasteiger charge is -2.14. The van der Waals surface area contributed by atoms with Crippen molar-refractivity contribution >= 4 is 23.7 Å². The van der Waals surface area contributed by atoms with Gasteiger partial charge in [0, 0.05) is 13.0 Å². The second-order valence-corrected chi connectivity index (χ2v) is 6.92. The maximum atomic E-state index is 12.4. The second-order valence-electron chi connectivity index (χ2n) is 6.92. The molecular formula is C27H23NO5. The molecule has 0 heterocycles. The molecule has 0 aliphatic rings. The van der Waals surface area contributed by atoms with Gasteiger partial charge in [0.15, 0.2) is 0 Å². The molecule has 0 saturated carbocycles. The molecule has 0 saturated heterocycles. The van der Waals surface area contributed by atoms with E-state index in [1.54, 1.807) is 61.5 Å². The number of esters is 2. The van der Waals surface area contributed by atoms with Gasteiger partial charge in [0.05, 0.1) is 11.3 Å². The van der Waals surface area contributed by atoms with Crippen LogP contribution in [0.25, 0.3) is 6.08 Å². The van der Waals surface area contributed by atoms with Gasteiger partial charge in [0.1, 0.15) is 11.5 Å². The fraction of sp³-hybridized carbons (Fsp3) is 0.0741. The molecule has 1 atom stereocenters. The summed E-state index contributed by atoms with van der Waals surface area (Å²) < 4.78 is 15.8. The summed E-state index contributed by atoms with van der Waals surface area (Å²) in [4.78, 5) is 23.6. The maximum absolute atomic E-state index is 12.4. The predicted octanol–water partition coefficient (Wildman–Crippen LogP) is 5.44. The van der Waals surface area contributed by atoms with Crippen LogP contribution in [0.5, 0.6) is 11.5 Å². The summed E-state index contributed by atoms with van der Waals surface area (Å²) in [5.74, 6) is -0.255. The van der Waals surface area contributed by atoms with Crippen molar-refractivity contribution < 1.29 is 23.8 Å². The van der Waals surface area contributed by atoms with Crippen molar-refractivity contribution in [3.8, 4) is 11.5 Å². The molecule has 0 aromatic heterocycles. The predicted molar refractivity (Wildman–Crippen MR) is 127 cm³/mol. The molecule has 0 bridgehead atoms. The normalized spacial score (nSPS) is 11.4. The van der Waals surface area contributed by atoms with Crippen LogP contribution in [0.4, 0.5) is 0 Å². The number of hydrogen-bond donors (Lipinski definition) is 1. The Morgan fingerprint density at radius 2 is 1.52 bits per heavy atom. The van der Waals surface area contributed by atoms with Gasteiger partial charge >= 0.3 is 11.9 Å². The van der Waals surface area contributed by atoms with Crippen molar-refractivity contribution in [2.75, 3.05) is 0 Å².